The normalized spacial score (nSPS) is 36.2. The SMILES string of the molecule is CC1(C)[C@H]2CC[C@]1(C)[C@H]([NH2+]C[C@@H](O)c1ccccc1)C2. The van der Waals surface area contributed by atoms with Gasteiger partial charge in [0.15, 0.2) is 0 Å². The van der Waals surface area contributed by atoms with Gasteiger partial charge >= 0.3 is 0 Å². The van der Waals surface area contributed by atoms with Gasteiger partial charge < -0.3 is 10.4 Å². The lowest BCUT2D eigenvalue weighted by Gasteiger charge is -2.37. The van der Waals surface area contributed by atoms with E-state index in [-0.39, 0.29) is 6.10 Å². The average Bonchev–Trinajstić information content (AvgIpc) is 2.78. The molecule has 4 atom stereocenters. The van der Waals surface area contributed by atoms with Crippen molar-refractivity contribution in [2.24, 2.45) is 16.7 Å². The Hall–Kier alpha value is -0.860. The zero-order valence-electron chi connectivity index (χ0n) is 13.0. The molecule has 0 aromatic heterocycles. The van der Waals surface area contributed by atoms with Gasteiger partial charge in [0.2, 0.25) is 0 Å². The highest BCUT2D eigenvalue weighted by atomic mass is 16.3. The van der Waals surface area contributed by atoms with Crippen LogP contribution in [0, 0.1) is 16.7 Å². The molecule has 0 spiro atoms. The quantitative estimate of drug-likeness (QED) is 0.869. The molecule has 0 heterocycles. The van der Waals surface area contributed by atoms with E-state index in [1.54, 1.807) is 0 Å². The van der Waals surface area contributed by atoms with Gasteiger partial charge in [0.25, 0.3) is 0 Å². The molecular formula is C18H28NO+. The molecule has 2 fully saturated rings. The molecule has 0 radical (unpaired) electrons. The number of hydrogen-bond acceptors (Lipinski definition) is 1. The lowest BCUT2D eigenvalue weighted by atomic mass is 9.69. The van der Waals surface area contributed by atoms with Crippen LogP contribution in [0.25, 0.3) is 0 Å². The maximum absolute atomic E-state index is 10.3. The minimum absolute atomic E-state index is 0.345. The lowest BCUT2D eigenvalue weighted by Crippen LogP contribution is -2.93. The molecule has 0 amide bonds. The summed E-state index contributed by atoms with van der Waals surface area (Å²) in [5.41, 5.74) is 1.94. The first-order chi connectivity index (χ1) is 9.45. The topological polar surface area (TPSA) is 36.8 Å². The summed E-state index contributed by atoms with van der Waals surface area (Å²) in [7, 11) is 0. The Kier molecular flexibility index (Phi) is 3.42. The third-order valence-electron chi connectivity index (χ3n) is 6.69. The van der Waals surface area contributed by atoms with Crippen LogP contribution < -0.4 is 5.32 Å². The van der Waals surface area contributed by atoms with E-state index in [0.717, 1.165) is 18.0 Å². The summed E-state index contributed by atoms with van der Waals surface area (Å²) in [5.74, 6) is 0.877. The van der Waals surface area contributed by atoms with Crippen molar-refractivity contribution in [2.45, 2.75) is 52.2 Å². The number of aliphatic hydroxyl groups excluding tert-OH is 1. The highest BCUT2D eigenvalue weighted by Crippen LogP contribution is 2.64. The van der Waals surface area contributed by atoms with Crippen LogP contribution in [0.4, 0.5) is 0 Å². The minimum atomic E-state index is -0.345. The Balaban J connectivity index is 1.63. The minimum Gasteiger partial charge on any atom is -0.382 e. The first kappa shape index (κ1) is 14.1. The summed E-state index contributed by atoms with van der Waals surface area (Å²) >= 11 is 0. The third-order valence-corrected chi connectivity index (χ3v) is 6.69. The summed E-state index contributed by atoms with van der Waals surface area (Å²) in [5, 5.41) is 12.7. The summed E-state index contributed by atoms with van der Waals surface area (Å²) in [6, 6.07) is 10.7. The fourth-order valence-corrected chi connectivity index (χ4v) is 4.73. The Labute approximate surface area is 122 Å². The molecule has 1 aromatic rings. The molecule has 0 unspecified atom stereocenters. The number of hydrogen-bond donors (Lipinski definition) is 2. The molecule has 2 saturated carbocycles. The van der Waals surface area contributed by atoms with Gasteiger partial charge in [0, 0.05) is 11.8 Å². The van der Waals surface area contributed by atoms with Crippen molar-refractivity contribution >= 4 is 0 Å². The van der Waals surface area contributed by atoms with Crippen molar-refractivity contribution in [3.63, 3.8) is 0 Å². The van der Waals surface area contributed by atoms with E-state index in [1.807, 2.05) is 30.3 Å². The number of quaternary nitrogens is 1. The highest BCUT2D eigenvalue weighted by molar-refractivity contribution is 5.17. The van der Waals surface area contributed by atoms with E-state index in [4.69, 9.17) is 0 Å². The fourth-order valence-electron chi connectivity index (χ4n) is 4.73. The molecule has 3 N–H and O–H groups in total. The number of fused-ring (bicyclic) bond motifs is 2. The van der Waals surface area contributed by atoms with Gasteiger partial charge in [-0.3, -0.25) is 0 Å². The van der Waals surface area contributed by atoms with Crippen LogP contribution in [-0.4, -0.2) is 17.7 Å². The molecule has 2 aliphatic rings. The lowest BCUT2D eigenvalue weighted by molar-refractivity contribution is -0.708. The van der Waals surface area contributed by atoms with Crippen LogP contribution in [-0.2, 0) is 0 Å². The third kappa shape index (κ3) is 2.01. The van der Waals surface area contributed by atoms with Crippen molar-refractivity contribution in [1.29, 1.82) is 0 Å². The maximum Gasteiger partial charge on any atom is 0.128 e. The molecule has 2 nitrogen and oxygen atoms in total. The highest BCUT2D eigenvalue weighted by Gasteiger charge is 2.63. The van der Waals surface area contributed by atoms with E-state index >= 15 is 0 Å². The second kappa shape index (κ2) is 4.85. The zero-order valence-corrected chi connectivity index (χ0v) is 13.0. The Morgan fingerprint density at radius 1 is 1.25 bits per heavy atom. The Morgan fingerprint density at radius 3 is 2.50 bits per heavy atom. The van der Waals surface area contributed by atoms with Gasteiger partial charge in [-0.05, 0) is 29.7 Å². The average molecular weight is 274 g/mol. The van der Waals surface area contributed by atoms with Gasteiger partial charge in [0.05, 0.1) is 6.04 Å². The molecule has 2 bridgehead atoms. The van der Waals surface area contributed by atoms with Crippen LogP contribution in [0.1, 0.15) is 51.7 Å². The van der Waals surface area contributed by atoms with Crippen LogP contribution in [0.2, 0.25) is 0 Å². The largest absolute Gasteiger partial charge is 0.382 e. The van der Waals surface area contributed by atoms with Crippen molar-refractivity contribution < 1.29 is 10.4 Å². The summed E-state index contributed by atoms with van der Waals surface area (Å²) in [6.45, 7) is 8.15. The van der Waals surface area contributed by atoms with Crippen molar-refractivity contribution in [2.75, 3.05) is 6.54 Å². The van der Waals surface area contributed by atoms with E-state index < -0.39 is 0 Å². The molecule has 1 aromatic carbocycles. The van der Waals surface area contributed by atoms with Gasteiger partial charge in [-0.25, -0.2) is 0 Å². The fraction of sp³-hybridized carbons (Fsp3) is 0.667. The molecule has 3 rings (SSSR count). The second-order valence-corrected chi connectivity index (χ2v) is 7.61. The van der Waals surface area contributed by atoms with Crippen molar-refractivity contribution in [1.82, 2.24) is 0 Å². The molecule has 0 aliphatic heterocycles. The summed E-state index contributed by atoms with van der Waals surface area (Å²) in [4.78, 5) is 0. The maximum atomic E-state index is 10.3. The molecular weight excluding hydrogens is 246 g/mol. The van der Waals surface area contributed by atoms with Crippen LogP contribution in [0.15, 0.2) is 30.3 Å². The number of nitrogens with two attached hydrogens (primary N) is 1. The first-order valence-corrected chi connectivity index (χ1v) is 8.01. The Morgan fingerprint density at radius 2 is 1.95 bits per heavy atom. The second-order valence-electron chi connectivity index (χ2n) is 7.61. The Bertz CT molecular complexity index is 470. The van der Waals surface area contributed by atoms with E-state index in [1.165, 1.54) is 19.3 Å². The van der Waals surface area contributed by atoms with Gasteiger partial charge in [-0.1, -0.05) is 51.1 Å². The van der Waals surface area contributed by atoms with Crippen LogP contribution in [0.3, 0.4) is 0 Å². The number of aliphatic hydroxyl groups is 1. The van der Waals surface area contributed by atoms with E-state index in [2.05, 4.69) is 26.1 Å². The standard InChI is InChI=1S/C18H27NO/c1-17(2)14-9-10-18(17,3)16(11-14)19-12-15(20)13-7-5-4-6-8-13/h4-8,14-16,19-20H,9-12H2,1-3H3/p+1/t14-,15+,16+,18+/m0/s1. The van der Waals surface area contributed by atoms with Crippen molar-refractivity contribution in [3.05, 3.63) is 35.9 Å². The predicted molar refractivity (Wildman–Crippen MR) is 81.2 cm³/mol. The van der Waals surface area contributed by atoms with Gasteiger partial charge in [0.1, 0.15) is 12.6 Å². The predicted octanol–water partition coefficient (Wildman–Crippen LogP) is 2.50. The first-order valence-electron chi connectivity index (χ1n) is 8.01. The summed E-state index contributed by atoms with van der Waals surface area (Å²) in [6.07, 6.45) is 3.73. The molecule has 110 valence electrons. The molecule has 2 heteroatoms. The smallest absolute Gasteiger partial charge is 0.128 e. The monoisotopic (exact) mass is 274 g/mol. The number of rotatable bonds is 4. The van der Waals surface area contributed by atoms with E-state index in [0.29, 0.717) is 16.9 Å². The van der Waals surface area contributed by atoms with E-state index in [9.17, 15) is 5.11 Å². The molecule has 0 saturated heterocycles. The summed E-state index contributed by atoms with van der Waals surface area (Å²) < 4.78 is 0. The number of benzene rings is 1. The van der Waals surface area contributed by atoms with Gasteiger partial charge in [-0.15, -0.1) is 0 Å². The van der Waals surface area contributed by atoms with Crippen molar-refractivity contribution in [3.8, 4) is 0 Å². The van der Waals surface area contributed by atoms with Crippen LogP contribution in [0.5, 0.6) is 0 Å². The zero-order chi connectivity index (χ0) is 14.4. The molecule has 20 heavy (non-hydrogen) atoms. The van der Waals surface area contributed by atoms with Crippen LogP contribution >= 0.6 is 0 Å². The van der Waals surface area contributed by atoms with Gasteiger partial charge in [-0.2, -0.15) is 0 Å². The molecule has 2 aliphatic carbocycles.